The molecule has 0 aromatic carbocycles. The van der Waals surface area contributed by atoms with Gasteiger partial charge in [0.25, 0.3) is 0 Å². The fourth-order valence-corrected chi connectivity index (χ4v) is 10.7. The molecule has 0 bridgehead atoms. The number of ether oxygens (including phenoxy) is 2. The number of nitrogens with zero attached hydrogens (tertiary/aromatic N) is 4. The Kier molecular flexibility index (Phi) is 27.3. The molecule has 0 amide bonds. The van der Waals surface area contributed by atoms with E-state index in [9.17, 15) is 0 Å². The molecular weight excluding hydrogens is 701 g/mol. The summed E-state index contributed by atoms with van der Waals surface area (Å²) in [6.45, 7) is 49.2. The summed E-state index contributed by atoms with van der Waals surface area (Å²) < 4.78 is 10.7. The molecule has 8 rings (SSSR count). The van der Waals surface area contributed by atoms with Crippen LogP contribution in [0.2, 0.25) is 0 Å². The van der Waals surface area contributed by atoms with E-state index in [4.69, 9.17) is 9.47 Å². The van der Waals surface area contributed by atoms with Crippen LogP contribution >= 0.6 is 0 Å². The third-order valence-corrected chi connectivity index (χ3v) is 14.7. The van der Waals surface area contributed by atoms with E-state index >= 15 is 0 Å². The third-order valence-electron chi connectivity index (χ3n) is 14.7. The highest BCUT2D eigenvalue weighted by atomic mass is 16.5. The Morgan fingerprint density at radius 1 is 0.316 bits per heavy atom. The van der Waals surface area contributed by atoms with Crippen LogP contribution in [0.15, 0.2) is 0 Å². The molecule has 2 aliphatic carbocycles. The largest absolute Gasteiger partial charge is 0.381 e. The highest BCUT2D eigenvalue weighted by molar-refractivity contribution is 4.96. The molecule has 0 unspecified atom stereocenters. The molecule has 6 aliphatic heterocycles. The van der Waals surface area contributed by atoms with Crippen molar-refractivity contribution in [1.29, 1.82) is 0 Å². The quantitative estimate of drug-likeness (QED) is 0.281. The summed E-state index contributed by atoms with van der Waals surface area (Å²) in [5.74, 6) is 0. The Hall–Kier alpha value is -0.240. The SMILES string of the molecule is CC.CC.CC.CC.CC(C)N1CCC2(CCCC2)C1.CC(C)N1CCC2(CCCCC2)C1.CC(C)N1CCC2(CCOCC2)C1.CC(C)N1CCC2(COC2)C1. The Labute approximate surface area is 359 Å². The van der Waals surface area contributed by atoms with Crippen LogP contribution in [-0.2, 0) is 9.47 Å². The zero-order valence-corrected chi connectivity index (χ0v) is 42.0. The molecule has 0 N–H and O–H groups in total. The Morgan fingerprint density at radius 2 is 0.579 bits per heavy atom. The molecule has 8 fully saturated rings. The van der Waals surface area contributed by atoms with Crippen LogP contribution in [0.3, 0.4) is 0 Å². The average molecular weight is 807 g/mol. The number of hydrogen-bond donors (Lipinski definition) is 0. The second kappa shape index (κ2) is 28.4. The summed E-state index contributed by atoms with van der Waals surface area (Å²) in [5, 5.41) is 0. The standard InChI is InChI=1S/C12H23N.C11H21NO.C11H21N.C9H17NO.4C2H6/c1-11(2)13-9-8-12(10-13)6-4-3-5-7-12;1-10(2)12-6-3-11(9-12)4-7-13-8-5-11;1-10(2)12-8-7-11(9-12)5-3-4-6-11;1-8(2)10-4-3-9(5-10)6-11-7-9;4*1-2/h11H,3-10H2,1-2H3;10H,3-9H2,1-2H3;10H,3-9H2,1-2H3;8H,3-7H2,1-2H3;4*1-2H3. The van der Waals surface area contributed by atoms with E-state index in [-0.39, 0.29) is 0 Å². The minimum absolute atomic E-state index is 0.574. The van der Waals surface area contributed by atoms with Crippen molar-refractivity contribution in [2.24, 2.45) is 21.7 Å². The van der Waals surface area contributed by atoms with E-state index in [2.05, 4.69) is 75.0 Å². The molecule has 6 saturated heterocycles. The normalized spacial score (nSPS) is 25.5. The molecule has 0 aromatic heterocycles. The summed E-state index contributed by atoms with van der Waals surface area (Å²) in [6, 6.07) is 2.98. The zero-order valence-electron chi connectivity index (χ0n) is 42.0. The predicted molar refractivity (Wildman–Crippen MR) is 253 cm³/mol. The average Bonchev–Trinajstić information content (AvgIpc) is 4.09. The van der Waals surface area contributed by atoms with Crippen molar-refractivity contribution in [3.8, 4) is 0 Å². The molecule has 6 heteroatoms. The van der Waals surface area contributed by atoms with Gasteiger partial charge in [0, 0.05) is 69.0 Å². The van der Waals surface area contributed by atoms with Crippen molar-refractivity contribution in [1.82, 2.24) is 19.6 Å². The zero-order chi connectivity index (χ0) is 43.1. The van der Waals surface area contributed by atoms with Crippen LogP contribution in [0.5, 0.6) is 0 Å². The minimum Gasteiger partial charge on any atom is -0.381 e. The lowest BCUT2D eigenvalue weighted by Gasteiger charge is -2.38. The molecule has 6 heterocycles. The van der Waals surface area contributed by atoms with Gasteiger partial charge in [0.15, 0.2) is 0 Å². The van der Waals surface area contributed by atoms with Crippen molar-refractivity contribution < 1.29 is 9.47 Å². The van der Waals surface area contributed by atoms with Crippen molar-refractivity contribution in [3.63, 3.8) is 0 Å². The maximum absolute atomic E-state index is 5.43. The summed E-state index contributed by atoms with van der Waals surface area (Å²) in [4.78, 5) is 10.5. The molecule has 4 spiro atoms. The van der Waals surface area contributed by atoms with E-state index in [0.717, 1.165) is 61.4 Å². The minimum atomic E-state index is 0.574. The first-order valence-electron chi connectivity index (χ1n) is 25.5. The Bertz CT molecular complexity index is 920. The van der Waals surface area contributed by atoms with Crippen LogP contribution in [0, 0.1) is 21.7 Å². The molecule has 342 valence electrons. The van der Waals surface area contributed by atoms with Gasteiger partial charge in [0.1, 0.15) is 0 Å². The molecule has 6 nitrogen and oxygen atoms in total. The topological polar surface area (TPSA) is 31.4 Å². The first kappa shape index (κ1) is 54.8. The molecule has 57 heavy (non-hydrogen) atoms. The first-order chi connectivity index (χ1) is 27.4. The lowest BCUT2D eigenvalue weighted by atomic mass is 9.73. The van der Waals surface area contributed by atoms with Crippen molar-refractivity contribution in [2.45, 2.75) is 231 Å². The highest BCUT2D eigenvalue weighted by Crippen LogP contribution is 2.46. The van der Waals surface area contributed by atoms with E-state index in [0.29, 0.717) is 10.8 Å². The van der Waals surface area contributed by atoms with Crippen LogP contribution in [0.1, 0.15) is 207 Å². The van der Waals surface area contributed by atoms with Crippen molar-refractivity contribution >= 4 is 0 Å². The smallest absolute Gasteiger partial charge is 0.0557 e. The van der Waals surface area contributed by atoms with Crippen molar-refractivity contribution in [2.75, 3.05) is 78.8 Å². The van der Waals surface area contributed by atoms with Crippen LogP contribution < -0.4 is 0 Å². The van der Waals surface area contributed by atoms with Gasteiger partial charge in [0.2, 0.25) is 0 Å². The van der Waals surface area contributed by atoms with Gasteiger partial charge in [-0.2, -0.15) is 0 Å². The fourth-order valence-electron chi connectivity index (χ4n) is 10.7. The molecule has 8 aliphatic rings. The second-order valence-corrected chi connectivity index (χ2v) is 19.6. The van der Waals surface area contributed by atoms with Crippen LogP contribution in [0.25, 0.3) is 0 Å². The summed E-state index contributed by atoms with van der Waals surface area (Å²) in [6.07, 6.45) is 21.8. The third kappa shape index (κ3) is 17.2. The van der Waals surface area contributed by atoms with Gasteiger partial charge in [0.05, 0.1) is 13.2 Å². The molecule has 0 atom stereocenters. The van der Waals surface area contributed by atoms with Gasteiger partial charge < -0.3 is 29.1 Å². The lowest BCUT2D eigenvalue weighted by molar-refractivity contribution is -0.105. The van der Waals surface area contributed by atoms with Crippen LogP contribution in [0.4, 0.5) is 0 Å². The number of rotatable bonds is 4. The monoisotopic (exact) mass is 807 g/mol. The summed E-state index contributed by atoms with van der Waals surface area (Å²) >= 11 is 0. The number of likely N-dealkylation sites (tertiary alicyclic amines) is 4. The van der Waals surface area contributed by atoms with E-state index < -0.39 is 0 Å². The number of hydrogen-bond acceptors (Lipinski definition) is 6. The molecular formula is C51H106N4O2. The molecule has 0 radical (unpaired) electrons. The van der Waals surface area contributed by atoms with Gasteiger partial charge in [-0.3, -0.25) is 0 Å². The fraction of sp³-hybridized carbons (Fsp3) is 1.00. The first-order valence-corrected chi connectivity index (χ1v) is 25.5. The van der Waals surface area contributed by atoms with Gasteiger partial charge >= 0.3 is 0 Å². The van der Waals surface area contributed by atoms with E-state index in [1.165, 1.54) is 149 Å². The van der Waals surface area contributed by atoms with Crippen LogP contribution in [-0.4, -0.2) is 123 Å². The van der Waals surface area contributed by atoms with Gasteiger partial charge in [-0.1, -0.05) is 87.5 Å². The van der Waals surface area contributed by atoms with Gasteiger partial charge in [-0.25, -0.2) is 0 Å². The molecule has 0 aromatic rings. The van der Waals surface area contributed by atoms with E-state index in [1.807, 2.05) is 55.4 Å². The van der Waals surface area contributed by atoms with Gasteiger partial charge in [-0.15, -0.1) is 0 Å². The molecule has 2 saturated carbocycles. The Morgan fingerprint density at radius 3 is 0.825 bits per heavy atom. The lowest BCUT2D eigenvalue weighted by Crippen LogP contribution is -2.45. The summed E-state index contributed by atoms with van der Waals surface area (Å²) in [5.41, 5.74) is 2.72. The van der Waals surface area contributed by atoms with Crippen molar-refractivity contribution in [3.05, 3.63) is 0 Å². The van der Waals surface area contributed by atoms with Gasteiger partial charge in [-0.05, 0) is 162 Å². The predicted octanol–water partition coefficient (Wildman–Crippen LogP) is 12.8. The summed E-state index contributed by atoms with van der Waals surface area (Å²) in [7, 11) is 0. The highest BCUT2D eigenvalue weighted by Gasteiger charge is 2.45. The maximum atomic E-state index is 5.43. The Balaban J connectivity index is 0.000000359. The maximum Gasteiger partial charge on any atom is 0.0557 e. The second-order valence-electron chi connectivity index (χ2n) is 19.6. The van der Waals surface area contributed by atoms with E-state index in [1.54, 1.807) is 0 Å².